The largest absolute Gasteiger partial charge is 0.323 e. The van der Waals surface area contributed by atoms with Crippen molar-refractivity contribution in [1.29, 1.82) is 0 Å². The first-order chi connectivity index (χ1) is 9.51. The van der Waals surface area contributed by atoms with Crippen molar-refractivity contribution in [2.75, 3.05) is 10.7 Å². The topological polar surface area (TPSA) is 67.1 Å². The van der Waals surface area contributed by atoms with Crippen LogP contribution in [0.3, 0.4) is 0 Å². The number of amides is 1. The predicted octanol–water partition coefficient (Wildman–Crippen LogP) is 2.81. The van der Waals surface area contributed by atoms with Gasteiger partial charge in [-0.2, -0.15) is 0 Å². The molecule has 0 saturated heterocycles. The molecule has 2 rings (SSSR count). The summed E-state index contributed by atoms with van der Waals surface area (Å²) in [6, 6.07) is 7.97. The van der Waals surface area contributed by atoms with Gasteiger partial charge in [0, 0.05) is 6.07 Å². The highest BCUT2D eigenvalue weighted by Gasteiger charge is 2.13. The molecule has 0 saturated carbocycles. The number of hydrazine groups is 1. The number of anilines is 2. The summed E-state index contributed by atoms with van der Waals surface area (Å²) < 4.78 is 26.3. The van der Waals surface area contributed by atoms with Gasteiger partial charge in [0.1, 0.15) is 11.6 Å². The molecule has 2 aromatic carbocycles. The third kappa shape index (κ3) is 2.92. The summed E-state index contributed by atoms with van der Waals surface area (Å²) >= 11 is 0. The van der Waals surface area contributed by atoms with Crippen molar-refractivity contribution in [1.82, 2.24) is 0 Å². The number of aryl methyl sites for hydroxylation is 1. The maximum Gasteiger partial charge on any atom is 0.257 e. The molecule has 0 aliphatic rings. The molecule has 0 bridgehead atoms. The van der Waals surface area contributed by atoms with Crippen LogP contribution in [0.5, 0.6) is 0 Å². The highest BCUT2D eigenvalue weighted by atomic mass is 19.1. The van der Waals surface area contributed by atoms with E-state index in [2.05, 4.69) is 10.7 Å². The average molecular weight is 277 g/mol. The van der Waals surface area contributed by atoms with Crippen molar-refractivity contribution in [2.45, 2.75) is 6.92 Å². The Morgan fingerprint density at radius 2 is 1.80 bits per heavy atom. The summed E-state index contributed by atoms with van der Waals surface area (Å²) in [6.45, 7) is 1.82. The molecule has 2 aromatic rings. The van der Waals surface area contributed by atoms with E-state index in [0.29, 0.717) is 11.8 Å². The third-order valence-corrected chi connectivity index (χ3v) is 2.75. The molecule has 0 aliphatic carbocycles. The van der Waals surface area contributed by atoms with Crippen LogP contribution in [0.1, 0.15) is 15.9 Å². The maximum absolute atomic E-state index is 13.5. The summed E-state index contributed by atoms with van der Waals surface area (Å²) in [5.74, 6) is 3.25. The molecule has 0 spiro atoms. The number of hydrogen-bond acceptors (Lipinski definition) is 3. The fourth-order valence-electron chi connectivity index (χ4n) is 1.75. The normalized spacial score (nSPS) is 10.2. The van der Waals surface area contributed by atoms with Crippen LogP contribution >= 0.6 is 0 Å². The highest BCUT2D eigenvalue weighted by Crippen LogP contribution is 2.20. The smallest absolute Gasteiger partial charge is 0.257 e. The molecule has 6 heteroatoms. The van der Waals surface area contributed by atoms with E-state index < -0.39 is 17.5 Å². The Morgan fingerprint density at radius 1 is 1.10 bits per heavy atom. The minimum absolute atomic E-state index is 0.0964. The first-order valence-corrected chi connectivity index (χ1v) is 5.85. The van der Waals surface area contributed by atoms with E-state index in [0.717, 1.165) is 17.7 Å². The van der Waals surface area contributed by atoms with Crippen LogP contribution in [0.2, 0.25) is 0 Å². The quantitative estimate of drug-likeness (QED) is 0.597. The van der Waals surface area contributed by atoms with Gasteiger partial charge >= 0.3 is 0 Å². The Kier molecular flexibility index (Phi) is 3.95. The van der Waals surface area contributed by atoms with Crippen molar-refractivity contribution in [3.8, 4) is 0 Å². The zero-order valence-electron chi connectivity index (χ0n) is 10.7. The lowest BCUT2D eigenvalue weighted by atomic mass is 10.1. The van der Waals surface area contributed by atoms with E-state index in [1.807, 2.05) is 6.92 Å². The minimum Gasteiger partial charge on any atom is -0.323 e. The van der Waals surface area contributed by atoms with Gasteiger partial charge in [-0.05, 0) is 31.2 Å². The summed E-state index contributed by atoms with van der Waals surface area (Å²) in [5.41, 5.74) is 3.84. The molecular weight excluding hydrogens is 264 g/mol. The molecule has 0 atom stereocenters. The van der Waals surface area contributed by atoms with Crippen LogP contribution in [0.4, 0.5) is 20.2 Å². The third-order valence-electron chi connectivity index (χ3n) is 2.75. The summed E-state index contributed by atoms with van der Waals surface area (Å²) in [5, 5.41) is 2.38. The number of carbonyl (C=O) groups is 1. The van der Waals surface area contributed by atoms with Crippen molar-refractivity contribution in [2.24, 2.45) is 5.84 Å². The van der Waals surface area contributed by atoms with Crippen LogP contribution in [0.15, 0.2) is 36.4 Å². The average Bonchev–Trinajstić information content (AvgIpc) is 2.41. The molecule has 0 heterocycles. The van der Waals surface area contributed by atoms with Crippen LogP contribution < -0.4 is 16.6 Å². The van der Waals surface area contributed by atoms with Crippen LogP contribution in [-0.4, -0.2) is 5.91 Å². The van der Waals surface area contributed by atoms with Crippen LogP contribution in [-0.2, 0) is 0 Å². The van der Waals surface area contributed by atoms with Gasteiger partial charge in [-0.1, -0.05) is 11.6 Å². The molecule has 0 aliphatic heterocycles. The van der Waals surface area contributed by atoms with Crippen molar-refractivity contribution in [3.05, 3.63) is 59.2 Å². The van der Waals surface area contributed by atoms with Gasteiger partial charge in [-0.15, -0.1) is 0 Å². The Hall–Kier alpha value is -2.47. The first kappa shape index (κ1) is 14.0. The van der Waals surface area contributed by atoms with Crippen molar-refractivity contribution < 1.29 is 13.6 Å². The minimum atomic E-state index is -0.840. The molecule has 0 fully saturated rings. The van der Waals surface area contributed by atoms with Crippen LogP contribution in [0, 0.1) is 18.6 Å². The number of hydrogen-bond donors (Lipinski definition) is 3. The first-order valence-electron chi connectivity index (χ1n) is 5.85. The van der Waals surface area contributed by atoms with Gasteiger partial charge in [0.15, 0.2) is 0 Å². The Bertz CT molecular complexity index is 659. The lowest BCUT2D eigenvalue weighted by Gasteiger charge is -2.11. The standard InChI is InChI=1S/C14H13F2N3O/c1-8-2-4-12(19-17)10(6-8)14(20)18-13-5-3-9(15)7-11(13)16/h2-7,19H,17H2,1H3,(H,18,20). The van der Waals surface area contributed by atoms with E-state index in [1.54, 1.807) is 18.2 Å². The maximum atomic E-state index is 13.5. The number of rotatable bonds is 3. The molecule has 0 aromatic heterocycles. The molecular formula is C14H13F2N3O. The molecule has 104 valence electrons. The SMILES string of the molecule is Cc1ccc(NN)c(C(=O)Nc2ccc(F)cc2F)c1. The summed E-state index contributed by atoms with van der Waals surface area (Å²) in [6.07, 6.45) is 0. The Balaban J connectivity index is 2.30. The Labute approximate surface area is 114 Å². The lowest BCUT2D eigenvalue weighted by molar-refractivity contribution is 0.102. The van der Waals surface area contributed by atoms with Gasteiger partial charge in [0.2, 0.25) is 0 Å². The second kappa shape index (κ2) is 5.66. The van der Waals surface area contributed by atoms with E-state index in [9.17, 15) is 13.6 Å². The van der Waals surface area contributed by atoms with Gasteiger partial charge in [0.05, 0.1) is 16.9 Å². The van der Waals surface area contributed by atoms with Crippen molar-refractivity contribution in [3.63, 3.8) is 0 Å². The number of nitrogens with two attached hydrogens (primary N) is 1. The number of nitrogens with one attached hydrogen (secondary N) is 2. The van der Waals surface area contributed by atoms with E-state index in [1.165, 1.54) is 0 Å². The predicted molar refractivity (Wildman–Crippen MR) is 73.3 cm³/mol. The van der Waals surface area contributed by atoms with Crippen LogP contribution in [0.25, 0.3) is 0 Å². The van der Waals surface area contributed by atoms with Gasteiger partial charge < -0.3 is 10.7 Å². The van der Waals surface area contributed by atoms with Crippen molar-refractivity contribution >= 4 is 17.3 Å². The van der Waals surface area contributed by atoms with E-state index in [-0.39, 0.29) is 11.3 Å². The summed E-state index contributed by atoms with van der Waals surface area (Å²) in [4.78, 5) is 12.1. The molecule has 4 N–H and O–H groups in total. The van der Waals surface area contributed by atoms with Gasteiger partial charge in [-0.25, -0.2) is 8.78 Å². The molecule has 0 unspecified atom stereocenters. The monoisotopic (exact) mass is 277 g/mol. The highest BCUT2D eigenvalue weighted by molar-refractivity contribution is 6.08. The zero-order chi connectivity index (χ0) is 14.7. The number of carbonyl (C=O) groups excluding carboxylic acids is 1. The molecule has 1 amide bonds. The van der Waals surface area contributed by atoms with E-state index in [4.69, 9.17) is 5.84 Å². The van der Waals surface area contributed by atoms with Gasteiger partial charge in [-0.3, -0.25) is 10.6 Å². The summed E-state index contributed by atoms with van der Waals surface area (Å²) in [7, 11) is 0. The number of benzene rings is 2. The fourth-order valence-corrected chi connectivity index (χ4v) is 1.75. The lowest BCUT2D eigenvalue weighted by Crippen LogP contribution is -2.18. The molecule has 20 heavy (non-hydrogen) atoms. The second-order valence-corrected chi connectivity index (χ2v) is 4.27. The molecule has 0 radical (unpaired) electrons. The second-order valence-electron chi connectivity index (χ2n) is 4.27. The zero-order valence-corrected chi connectivity index (χ0v) is 10.7. The number of nitrogen functional groups attached to an aromatic ring is 1. The fraction of sp³-hybridized carbons (Fsp3) is 0.0714. The van der Waals surface area contributed by atoms with E-state index >= 15 is 0 Å². The Morgan fingerprint density at radius 3 is 2.45 bits per heavy atom. The molecule has 4 nitrogen and oxygen atoms in total. The van der Waals surface area contributed by atoms with Gasteiger partial charge in [0.25, 0.3) is 5.91 Å². The number of halogens is 2.